The van der Waals surface area contributed by atoms with Gasteiger partial charge in [0.1, 0.15) is 17.7 Å². The van der Waals surface area contributed by atoms with Gasteiger partial charge in [-0.25, -0.2) is 14.8 Å². The van der Waals surface area contributed by atoms with Crippen LogP contribution in [0.15, 0.2) is 91.3 Å². The number of hydrogen-bond acceptors (Lipinski definition) is 7. The number of H-pyrrole nitrogens is 2. The van der Waals surface area contributed by atoms with E-state index in [-0.39, 0.29) is 29.9 Å². The fourth-order valence-corrected chi connectivity index (χ4v) is 8.61. The van der Waals surface area contributed by atoms with Gasteiger partial charge in [0, 0.05) is 19.1 Å². The van der Waals surface area contributed by atoms with E-state index in [0.717, 1.165) is 83.9 Å². The van der Waals surface area contributed by atoms with Gasteiger partial charge in [0.25, 0.3) is 5.91 Å². The molecule has 0 unspecified atom stereocenters. The minimum Gasteiger partial charge on any atom is -0.453 e. The Hall–Kier alpha value is -5.75. The minimum absolute atomic E-state index is 0.00404. The van der Waals surface area contributed by atoms with Crippen LogP contribution >= 0.6 is 0 Å². The van der Waals surface area contributed by atoms with E-state index in [1.807, 2.05) is 47.6 Å². The van der Waals surface area contributed by atoms with Gasteiger partial charge in [0.15, 0.2) is 0 Å². The highest BCUT2D eigenvalue weighted by Gasteiger charge is 2.49. The molecule has 9 rings (SSSR count). The molecule has 276 valence electrons. The third-order valence-corrected chi connectivity index (χ3v) is 11.6. The van der Waals surface area contributed by atoms with Crippen molar-refractivity contribution in [3.63, 3.8) is 0 Å². The fraction of sp³-hybridized carbons (Fsp3) is 0.357. The number of methoxy groups -OCH3 is 1. The highest BCUT2D eigenvalue weighted by Crippen LogP contribution is 2.42. The zero-order chi connectivity index (χ0) is 36.8. The summed E-state index contributed by atoms with van der Waals surface area (Å²) >= 11 is 0. The smallest absolute Gasteiger partial charge is 0.407 e. The highest BCUT2D eigenvalue weighted by molar-refractivity contribution is 5.87. The van der Waals surface area contributed by atoms with Gasteiger partial charge in [0.05, 0.1) is 49.0 Å². The van der Waals surface area contributed by atoms with Crippen molar-refractivity contribution in [3.8, 4) is 33.6 Å². The molecule has 3 aromatic carbocycles. The Morgan fingerprint density at radius 2 is 1.30 bits per heavy atom. The molecule has 12 heteroatoms. The molecule has 1 saturated carbocycles. The number of fused-ring (bicyclic) bond motifs is 1. The third kappa shape index (κ3) is 6.55. The zero-order valence-corrected chi connectivity index (χ0v) is 30.2. The van der Waals surface area contributed by atoms with Crippen LogP contribution in [0.4, 0.5) is 4.79 Å². The number of alkyl carbamates (subject to hydrolysis) is 1. The Kier molecular flexibility index (Phi) is 8.98. The number of imidazole rings is 2. The Morgan fingerprint density at radius 1 is 0.741 bits per heavy atom. The second kappa shape index (κ2) is 14.2. The number of benzene rings is 3. The number of aromatic nitrogens is 4. The largest absolute Gasteiger partial charge is 0.453 e. The summed E-state index contributed by atoms with van der Waals surface area (Å²) in [4.78, 5) is 59.6. The quantitative estimate of drug-likeness (QED) is 0.139. The molecule has 2 aromatic heterocycles. The number of carbonyl (C=O) groups is 3. The summed E-state index contributed by atoms with van der Waals surface area (Å²) in [6, 6.07) is 25.4. The van der Waals surface area contributed by atoms with Gasteiger partial charge in [0.2, 0.25) is 5.91 Å². The molecule has 3 amide bonds. The lowest BCUT2D eigenvalue weighted by Gasteiger charge is -2.28. The Balaban J connectivity index is 0.855. The van der Waals surface area contributed by atoms with Crippen LogP contribution in [-0.2, 0) is 14.3 Å². The van der Waals surface area contributed by atoms with E-state index in [9.17, 15) is 14.4 Å². The number of carbonyl (C=O) groups excluding carboxylic acids is 3. The molecule has 4 N–H and O–H groups in total. The van der Waals surface area contributed by atoms with Crippen molar-refractivity contribution in [3.05, 3.63) is 108 Å². The lowest BCUT2D eigenvalue weighted by atomic mass is 10.0. The maximum absolute atomic E-state index is 13.9. The van der Waals surface area contributed by atoms with Crippen molar-refractivity contribution in [1.82, 2.24) is 40.4 Å². The number of likely N-dealkylation sites (tertiary alicyclic amines) is 2. The number of nitrogens with zero attached hydrogens (tertiary/aromatic N) is 4. The number of ether oxygens (including phenoxy) is 1. The van der Waals surface area contributed by atoms with Gasteiger partial charge in [-0.15, -0.1) is 0 Å². The van der Waals surface area contributed by atoms with Gasteiger partial charge in [-0.3, -0.25) is 9.59 Å². The van der Waals surface area contributed by atoms with Crippen LogP contribution in [0.3, 0.4) is 0 Å². The summed E-state index contributed by atoms with van der Waals surface area (Å²) < 4.78 is 4.83. The fourth-order valence-electron chi connectivity index (χ4n) is 8.61. The third-order valence-electron chi connectivity index (χ3n) is 11.6. The van der Waals surface area contributed by atoms with E-state index in [1.165, 1.54) is 13.5 Å². The van der Waals surface area contributed by atoms with Crippen LogP contribution in [0.2, 0.25) is 0 Å². The van der Waals surface area contributed by atoms with Crippen molar-refractivity contribution >= 4 is 17.9 Å². The normalized spacial score (nSPS) is 23.6. The number of rotatable bonds is 9. The summed E-state index contributed by atoms with van der Waals surface area (Å²) in [5, 5.41) is 6.23. The van der Waals surface area contributed by atoms with Gasteiger partial charge in [-0.2, -0.15) is 0 Å². The van der Waals surface area contributed by atoms with Crippen molar-refractivity contribution in [2.24, 2.45) is 5.92 Å². The summed E-state index contributed by atoms with van der Waals surface area (Å²) in [6.07, 6.45) is 8.74. The highest BCUT2D eigenvalue weighted by atomic mass is 16.5. The maximum atomic E-state index is 13.9. The second-order valence-electron chi connectivity index (χ2n) is 14.9. The van der Waals surface area contributed by atoms with E-state index in [0.29, 0.717) is 24.1 Å². The molecule has 54 heavy (non-hydrogen) atoms. The Bertz CT molecular complexity index is 2140. The average Bonchev–Trinajstić information content (AvgIpc) is 3.93. The lowest BCUT2D eigenvalue weighted by Crippen LogP contribution is -2.44. The molecular formula is C42H44N8O4. The number of amides is 3. The number of hydrogen-bond donors (Lipinski definition) is 4. The molecule has 5 aromatic rings. The first-order chi connectivity index (χ1) is 26.4. The lowest BCUT2D eigenvalue weighted by molar-refractivity contribution is -0.135. The van der Waals surface area contributed by atoms with Crippen LogP contribution in [0.5, 0.6) is 0 Å². The Labute approximate surface area is 313 Å². The van der Waals surface area contributed by atoms with Crippen LogP contribution in [-0.4, -0.2) is 79.9 Å². The van der Waals surface area contributed by atoms with Crippen molar-refractivity contribution in [2.45, 2.75) is 68.7 Å². The molecule has 6 atom stereocenters. The average molecular weight is 725 g/mol. The van der Waals surface area contributed by atoms with Crippen LogP contribution in [0.25, 0.3) is 33.6 Å². The zero-order valence-electron chi connectivity index (χ0n) is 30.2. The molecule has 0 spiro atoms. The molecule has 0 bridgehead atoms. The standard InChI is InChI=1S/C42H44N8O4/c1-54-42(53)48-37(29-7-3-2-4-8-29)41(52)50-20-6-10-36(50)39-44-24-34(47-39)28-17-13-26(14-18-28)25-11-15-27(16-12-25)33-23-43-38(46-33)35-9-5-19-49(35)40(51)32-22-30-21-31(30)45-32/h2-4,7-8,11-18,23-24,30-32,35-37,45H,5-6,9-10,19-22H2,1H3,(H,43,46)(H,44,47)(H,48,53)/t30-,31-,32-,35-,36-,37+/m0/s1. The molecule has 0 radical (unpaired) electrons. The van der Waals surface area contributed by atoms with Gasteiger partial charge < -0.3 is 35.1 Å². The van der Waals surface area contributed by atoms with E-state index in [2.05, 4.69) is 69.1 Å². The Morgan fingerprint density at radius 3 is 1.85 bits per heavy atom. The van der Waals surface area contributed by atoms with E-state index >= 15 is 0 Å². The summed E-state index contributed by atoms with van der Waals surface area (Å²) in [6.45, 7) is 1.36. The first-order valence-corrected chi connectivity index (χ1v) is 19.0. The van der Waals surface area contributed by atoms with E-state index in [1.54, 1.807) is 4.90 Å². The maximum Gasteiger partial charge on any atom is 0.407 e. The molecule has 3 saturated heterocycles. The monoisotopic (exact) mass is 724 g/mol. The first-order valence-electron chi connectivity index (χ1n) is 19.0. The van der Waals surface area contributed by atoms with Crippen molar-refractivity contribution in [2.75, 3.05) is 20.2 Å². The second-order valence-corrected chi connectivity index (χ2v) is 14.9. The van der Waals surface area contributed by atoms with Crippen LogP contribution in [0, 0.1) is 5.92 Å². The van der Waals surface area contributed by atoms with Crippen LogP contribution < -0.4 is 10.6 Å². The number of piperidine rings is 1. The summed E-state index contributed by atoms with van der Waals surface area (Å²) in [5.74, 6) is 2.29. The molecular weight excluding hydrogens is 681 g/mol. The molecule has 5 heterocycles. The minimum atomic E-state index is -0.864. The molecule has 4 fully saturated rings. The molecule has 12 nitrogen and oxygen atoms in total. The topological polar surface area (TPSA) is 148 Å². The van der Waals surface area contributed by atoms with Crippen molar-refractivity contribution in [1.29, 1.82) is 0 Å². The summed E-state index contributed by atoms with van der Waals surface area (Å²) in [7, 11) is 1.29. The first kappa shape index (κ1) is 34.0. The van der Waals surface area contributed by atoms with E-state index in [4.69, 9.17) is 14.7 Å². The number of aromatic amines is 2. The molecule has 1 aliphatic carbocycles. The predicted molar refractivity (Wildman–Crippen MR) is 203 cm³/mol. The SMILES string of the molecule is COC(=O)N[C@@H](C(=O)N1CCC[C@H]1c1ncc(-c2ccc(-c3ccc(-c4cnc([C@@H]5CCCN5C(=O)[C@@H]5C[C@@H]6C[C@@H]6N5)[nH]4)cc3)cc2)[nH]1)c1ccccc1. The molecule has 3 aliphatic heterocycles. The number of nitrogens with one attached hydrogen (secondary N) is 4. The van der Waals surface area contributed by atoms with Crippen LogP contribution in [0.1, 0.15) is 73.9 Å². The van der Waals surface area contributed by atoms with E-state index < -0.39 is 12.1 Å². The molecule has 4 aliphatic rings. The van der Waals surface area contributed by atoms with Gasteiger partial charge in [-0.1, -0.05) is 78.9 Å². The summed E-state index contributed by atoms with van der Waals surface area (Å²) in [5.41, 5.74) is 6.72. The predicted octanol–water partition coefficient (Wildman–Crippen LogP) is 6.31. The van der Waals surface area contributed by atoms with Gasteiger partial charge in [-0.05, 0) is 72.3 Å². The van der Waals surface area contributed by atoms with Crippen molar-refractivity contribution < 1.29 is 19.1 Å². The van der Waals surface area contributed by atoms with Gasteiger partial charge >= 0.3 is 6.09 Å².